The summed E-state index contributed by atoms with van der Waals surface area (Å²) < 4.78 is 5.70. The van der Waals surface area contributed by atoms with Crippen molar-refractivity contribution >= 4 is 6.29 Å². The molecule has 1 aliphatic rings. The highest BCUT2D eigenvalue weighted by molar-refractivity contribution is 5.78. The third-order valence-electron chi connectivity index (χ3n) is 3.39. The largest absolute Gasteiger partial charge is 0.472 e. The second-order valence-corrected chi connectivity index (χ2v) is 4.73. The second kappa shape index (κ2) is 5.22. The summed E-state index contributed by atoms with van der Waals surface area (Å²) in [5.74, 6) is 0.458. The van der Waals surface area contributed by atoms with Crippen LogP contribution in [0.1, 0.15) is 33.6 Å². The number of nitrogens with zero attached hydrogens (tertiary/aromatic N) is 1. The van der Waals surface area contributed by atoms with E-state index in [4.69, 9.17) is 4.74 Å². The average Bonchev–Trinajstić information content (AvgIpc) is 2.92. The summed E-state index contributed by atoms with van der Waals surface area (Å²) in [6, 6.07) is 11.8. The van der Waals surface area contributed by atoms with E-state index in [1.54, 1.807) is 0 Å². The molecule has 3 nitrogen and oxygen atoms in total. The van der Waals surface area contributed by atoms with Gasteiger partial charge in [0.05, 0.1) is 5.56 Å². The van der Waals surface area contributed by atoms with Crippen molar-refractivity contribution in [2.45, 2.75) is 25.9 Å². The van der Waals surface area contributed by atoms with Gasteiger partial charge in [-0.3, -0.25) is 4.79 Å². The van der Waals surface area contributed by atoms with Crippen molar-refractivity contribution in [3.8, 4) is 5.88 Å². The Morgan fingerprint density at radius 3 is 2.84 bits per heavy atom. The maximum absolute atomic E-state index is 11.1. The fraction of sp³-hybridized carbons (Fsp3) is 0.250. The summed E-state index contributed by atoms with van der Waals surface area (Å²) in [4.78, 5) is 15.6. The molecule has 0 N–H and O–H groups in total. The van der Waals surface area contributed by atoms with Gasteiger partial charge >= 0.3 is 0 Å². The molecule has 3 rings (SSSR count). The maximum atomic E-state index is 11.1. The molecule has 0 fully saturated rings. The molecule has 19 heavy (non-hydrogen) atoms. The lowest BCUT2D eigenvalue weighted by molar-refractivity contribution is 0.111. The second-order valence-electron chi connectivity index (χ2n) is 4.73. The van der Waals surface area contributed by atoms with Gasteiger partial charge in [-0.05, 0) is 36.5 Å². The predicted molar refractivity (Wildman–Crippen MR) is 72.4 cm³/mol. The van der Waals surface area contributed by atoms with E-state index in [9.17, 15) is 4.79 Å². The summed E-state index contributed by atoms with van der Waals surface area (Å²) in [5.41, 5.74) is 3.89. The van der Waals surface area contributed by atoms with E-state index in [1.807, 2.05) is 36.4 Å². The minimum absolute atomic E-state index is 0.438. The van der Waals surface area contributed by atoms with E-state index >= 15 is 0 Å². The number of hydrogen-bond acceptors (Lipinski definition) is 3. The zero-order chi connectivity index (χ0) is 13.1. The molecule has 1 aromatic heterocycles. The molecule has 0 amide bonds. The molecule has 0 unspecified atom stereocenters. The standard InChI is InChI=1S/C16H15NO2/c18-10-14-9-13-7-4-8-15(13)17-16(14)19-11-12-5-2-1-3-6-12/h1-3,5-6,9-10H,4,7-8,11H2. The van der Waals surface area contributed by atoms with Crippen molar-refractivity contribution in [2.24, 2.45) is 0 Å². The Balaban J connectivity index is 1.82. The fourth-order valence-electron chi connectivity index (χ4n) is 2.40. The number of pyridine rings is 1. The first-order chi connectivity index (χ1) is 9.36. The molecular formula is C16H15NO2. The number of ether oxygens (including phenoxy) is 1. The minimum Gasteiger partial charge on any atom is -0.472 e. The SMILES string of the molecule is O=Cc1cc2c(nc1OCc1ccccc1)CCC2. The minimum atomic E-state index is 0.438. The van der Waals surface area contributed by atoms with Gasteiger partial charge < -0.3 is 4.74 Å². The first-order valence-corrected chi connectivity index (χ1v) is 6.51. The molecule has 1 aromatic carbocycles. The molecule has 1 heterocycles. The van der Waals surface area contributed by atoms with E-state index < -0.39 is 0 Å². The number of fused-ring (bicyclic) bond motifs is 1. The molecule has 96 valence electrons. The van der Waals surface area contributed by atoms with Crippen LogP contribution in [0.2, 0.25) is 0 Å². The predicted octanol–water partition coefficient (Wildman–Crippen LogP) is 2.96. The van der Waals surface area contributed by atoms with Crippen LogP contribution in [0, 0.1) is 0 Å². The van der Waals surface area contributed by atoms with Crippen LogP contribution in [0.5, 0.6) is 5.88 Å². The van der Waals surface area contributed by atoms with Crippen LogP contribution in [0.15, 0.2) is 36.4 Å². The van der Waals surface area contributed by atoms with E-state index in [1.165, 1.54) is 5.56 Å². The number of hydrogen-bond donors (Lipinski definition) is 0. The van der Waals surface area contributed by atoms with Crippen LogP contribution in [0.3, 0.4) is 0 Å². The van der Waals surface area contributed by atoms with Crippen molar-refractivity contribution in [2.75, 3.05) is 0 Å². The van der Waals surface area contributed by atoms with Crippen molar-refractivity contribution < 1.29 is 9.53 Å². The Morgan fingerprint density at radius 2 is 2.05 bits per heavy atom. The Morgan fingerprint density at radius 1 is 1.21 bits per heavy atom. The van der Waals surface area contributed by atoms with Crippen LogP contribution in [-0.4, -0.2) is 11.3 Å². The molecule has 0 radical (unpaired) electrons. The topological polar surface area (TPSA) is 39.2 Å². The van der Waals surface area contributed by atoms with Crippen molar-refractivity contribution in [1.82, 2.24) is 4.98 Å². The summed E-state index contributed by atoms with van der Waals surface area (Å²) in [7, 11) is 0. The molecule has 0 spiro atoms. The van der Waals surface area contributed by atoms with Crippen LogP contribution < -0.4 is 4.74 Å². The molecule has 0 saturated carbocycles. The average molecular weight is 253 g/mol. The van der Waals surface area contributed by atoms with Gasteiger partial charge in [-0.2, -0.15) is 0 Å². The first kappa shape index (κ1) is 11.9. The van der Waals surface area contributed by atoms with Gasteiger partial charge in [-0.25, -0.2) is 4.98 Å². The van der Waals surface area contributed by atoms with Gasteiger partial charge in [0, 0.05) is 5.69 Å². The summed E-state index contributed by atoms with van der Waals surface area (Å²) in [5, 5.41) is 0. The van der Waals surface area contributed by atoms with Crippen LogP contribution >= 0.6 is 0 Å². The quantitative estimate of drug-likeness (QED) is 0.786. The molecule has 0 bridgehead atoms. The highest BCUT2D eigenvalue weighted by Gasteiger charge is 2.16. The maximum Gasteiger partial charge on any atom is 0.224 e. The number of rotatable bonds is 4. The summed E-state index contributed by atoms with van der Waals surface area (Å²) in [6.45, 7) is 0.438. The van der Waals surface area contributed by atoms with E-state index in [0.717, 1.165) is 36.8 Å². The number of benzene rings is 1. The summed E-state index contributed by atoms with van der Waals surface area (Å²) in [6.07, 6.45) is 3.94. The van der Waals surface area contributed by atoms with Crippen LogP contribution in [0.4, 0.5) is 0 Å². The van der Waals surface area contributed by atoms with Crippen molar-refractivity contribution in [3.05, 3.63) is 58.8 Å². The Kier molecular flexibility index (Phi) is 3.27. The Labute approximate surface area is 112 Å². The van der Waals surface area contributed by atoms with Gasteiger partial charge in [0.1, 0.15) is 6.61 Å². The smallest absolute Gasteiger partial charge is 0.224 e. The normalized spacial score (nSPS) is 13.1. The molecule has 1 aliphatic carbocycles. The number of aryl methyl sites for hydroxylation is 2. The summed E-state index contributed by atoms with van der Waals surface area (Å²) >= 11 is 0. The van der Waals surface area contributed by atoms with Gasteiger partial charge in [0.15, 0.2) is 6.29 Å². The third-order valence-corrected chi connectivity index (χ3v) is 3.39. The van der Waals surface area contributed by atoms with Gasteiger partial charge in [0.25, 0.3) is 0 Å². The monoisotopic (exact) mass is 253 g/mol. The van der Waals surface area contributed by atoms with Crippen LogP contribution in [0.25, 0.3) is 0 Å². The Bertz CT molecular complexity index is 593. The molecule has 2 aromatic rings. The third kappa shape index (κ3) is 2.50. The van der Waals surface area contributed by atoms with E-state index in [0.29, 0.717) is 18.1 Å². The van der Waals surface area contributed by atoms with Crippen molar-refractivity contribution in [1.29, 1.82) is 0 Å². The zero-order valence-electron chi connectivity index (χ0n) is 10.6. The fourth-order valence-corrected chi connectivity index (χ4v) is 2.40. The lowest BCUT2D eigenvalue weighted by atomic mass is 10.1. The Hall–Kier alpha value is -2.16. The number of carbonyl (C=O) groups is 1. The number of aromatic nitrogens is 1. The van der Waals surface area contributed by atoms with Gasteiger partial charge in [-0.15, -0.1) is 0 Å². The van der Waals surface area contributed by atoms with Gasteiger partial charge in [0.2, 0.25) is 5.88 Å². The molecular weight excluding hydrogens is 238 g/mol. The van der Waals surface area contributed by atoms with Crippen molar-refractivity contribution in [3.63, 3.8) is 0 Å². The molecule has 0 aliphatic heterocycles. The molecule has 0 saturated heterocycles. The van der Waals surface area contributed by atoms with E-state index in [2.05, 4.69) is 4.98 Å². The van der Waals surface area contributed by atoms with E-state index in [-0.39, 0.29) is 0 Å². The lowest BCUT2D eigenvalue weighted by Gasteiger charge is -2.09. The highest BCUT2D eigenvalue weighted by atomic mass is 16.5. The zero-order valence-corrected chi connectivity index (χ0v) is 10.6. The molecule has 3 heteroatoms. The van der Waals surface area contributed by atoms with Crippen LogP contribution in [-0.2, 0) is 19.4 Å². The number of aldehydes is 1. The van der Waals surface area contributed by atoms with Gasteiger partial charge in [-0.1, -0.05) is 30.3 Å². The lowest BCUT2D eigenvalue weighted by Crippen LogP contribution is -2.03. The first-order valence-electron chi connectivity index (χ1n) is 6.51. The molecule has 0 atom stereocenters. The number of carbonyl (C=O) groups excluding carboxylic acids is 1. The highest BCUT2D eigenvalue weighted by Crippen LogP contribution is 2.26.